The van der Waals surface area contributed by atoms with E-state index in [1.54, 1.807) is 4.90 Å². The van der Waals surface area contributed by atoms with E-state index < -0.39 is 12.0 Å². The Kier molecular flexibility index (Phi) is 8.38. The molecule has 1 amide bonds. The van der Waals surface area contributed by atoms with Gasteiger partial charge in [0.15, 0.2) is 0 Å². The largest absolute Gasteiger partial charge is 0.480 e. The smallest absolute Gasteiger partial charge is 0.320 e. The van der Waals surface area contributed by atoms with E-state index >= 15 is 0 Å². The van der Waals surface area contributed by atoms with Crippen LogP contribution < -0.4 is 10.2 Å². The van der Waals surface area contributed by atoms with Crippen LogP contribution in [0.15, 0.2) is 42.5 Å². The van der Waals surface area contributed by atoms with E-state index in [2.05, 4.69) is 5.32 Å². The number of anilines is 1. The average Bonchev–Trinajstić information content (AvgIpc) is 2.59. The normalized spacial score (nSPS) is 11.6. The Labute approximate surface area is 154 Å². The second kappa shape index (κ2) is 10.0. The number of aliphatic carboxylic acids is 1. The molecule has 0 aliphatic carbocycles. The lowest BCUT2D eigenvalue weighted by atomic mass is 10.1. The summed E-state index contributed by atoms with van der Waals surface area (Å²) in [5, 5.41) is 14.1. The van der Waals surface area contributed by atoms with E-state index in [4.69, 9.17) is 0 Å². The Morgan fingerprint density at radius 3 is 2.44 bits per heavy atom. The van der Waals surface area contributed by atoms with E-state index in [1.165, 1.54) is 0 Å². The summed E-state index contributed by atoms with van der Waals surface area (Å²) in [6, 6.07) is 13.1. The van der Waals surface area contributed by atoms with Crippen molar-refractivity contribution in [2.24, 2.45) is 0 Å². The van der Waals surface area contributed by atoms with Gasteiger partial charge in [-0.15, -0.1) is 12.4 Å². The van der Waals surface area contributed by atoms with Gasteiger partial charge in [0.2, 0.25) is 5.91 Å². The van der Waals surface area contributed by atoms with Crippen LogP contribution in [0.3, 0.4) is 0 Å². The number of halogens is 1. The van der Waals surface area contributed by atoms with Crippen molar-refractivity contribution in [1.29, 1.82) is 0 Å². The maximum Gasteiger partial charge on any atom is 0.320 e. The summed E-state index contributed by atoms with van der Waals surface area (Å²) in [6.45, 7) is 4.38. The fourth-order valence-electron chi connectivity index (χ4n) is 2.83. The van der Waals surface area contributed by atoms with Crippen LogP contribution in [0.1, 0.15) is 26.7 Å². The van der Waals surface area contributed by atoms with Crippen LogP contribution in [0.4, 0.5) is 5.69 Å². The molecule has 0 bridgehead atoms. The Bertz CT molecular complexity index is 715. The lowest BCUT2D eigenvalue weighted by Crippen LogP contribution is -2.44. The fraction of sp³-hybridized carbons (Fsp3) is 0.368. The first-order valence-electron chi connectivity index (χ1n) is 8.32. The lowest BCUT2D eigenvalue weighted by Gasteiger charge is -2.24. The van der Waals surface area contributed by atoms with Gasteiger partial charge >= 0.3 is 5.97 Å². The molecule has 0 aliphatic heterocycles. The van der Waals surface area contributed by atoms with Crippen molar-refractivity contribution < 1.29 is 14.7 Å². The molecule has 0 spiro atoms. The Balaban J connectivity index is 0.00000312. The number of amides is 1. The minimum absolute atomic E-state index is 0. The van der Waals surface area contributed by atoms with Crippen LogP contribution in [0.5, 0.6) is 0 Å². The van der Waals surface area contributed by atoms with Crippen LogP contribution in [-0.2, 0) is 9.59 Å². The molecule has 0 saturated carbocycles. The Morgan fingerprint density at radius 1 is 1.12 bits per heavy atom. The topological polar surface area (TPSA) is 69.6 Å². The number of hydrogen-bond donors (Lipinski definition) is 2. The molecule has 0 heterocycles. The van der Waals surface area contributed by atoms with Crippen molar-refractivity contribution in [1.82, 2.24) is 5.32 Å². The molecule has 6 heteroatoms. The highest BCUT2D eigenvalue weighted by molar-refractivity contribution is 6.04. The van der Waals surface area contributed by atoms with Gasteiger partial charge in [-0.05, 0) is 24.8 Å². The summed E-state index contributed by atoms with van der Waals surface area (Å²) in [5.41, 5.74) is 0.852. The Morgan fingerprint density at radius 2 is 1.80 bits per heavy atom. The summed E-state index contributed by atoms with van der Waals surface area (Å²) in [7, 11) is 0. The maximum absolute atomic E-state index is 12.6. The zero-order chi connectivity index (χ0) is 17.5. The van der Waals surface area contributed by atoms with Gasteiger partial charge in [0.05, 0.1) is 12.2 Å². The quantitative estimate of drug-likeness (QED) is 0.752. The van der Waals surface area contributed by atoms with Gasteiger partial charge in [-0.25, -0.2) is 0 Å². The van der Waals surface area contributed by atoms with Crippen molar-refractivity contribution in [3.8, 4) is 0 Å². The molecule has 5 nitrogen and oxygen atoms in total. The Hall–Kier alpha value is -2.11. The molecular formula is C19H25ClN2O3. The van der Waals surface area contributed by atoms with Crippen LogP contribution in [-0.4, -0.2) is 36.1 Å². The van der Waals surface area contributed by atoms with Gasteiger partial charge in [0.1, 0.15) is 6.04 Å². The number of hydrogen-bond acceptors (Lipinski definition) is 3. The highest BCUT2D eigenvalue weighted by Crippen LogP contribution is 2.26. The summed E-state index contributed by atoms with van der Waals surface area (Å²) >= 11 is 0. The number of fused-ring (bicyclic) bond motifs is 1. The number of rotatable bonds is 8. The molecule has 2 rings (SSSR count). The van der Waals surface area contributed by atoms with E-state index in [9.17, 15) is 14.7 Å². The number of likely N-dealkylation sites (N-methyl/N-ethyl adjacent to an activating group) is 1. The van der Waals surface area contributed by atoms with Crippen molar-refractivity contribution in [3.05, 3.63) is 42.5 Å². The van der Waals surface area contributed by atoms with Crippen molar-refractivity contribution in [2.75, 3.05) is 18.0 Å². The molecular weight excluding hydrogens is 340 g/mol. The molecule has 0 aromatic heterocycles. The third-order valence-electron chi connectivity index (χ3n) is 4.05. The second-order valence-corrected chi connectivity index (χ2v) is 5.70. The average molecular weight is 365 g/mol. The third kappa shape index (κ3) is 5.18. The number of nitrogens with one attached hydrogen (secondary N) is 1. The van der Waals surface area contributed by atoms with Crippen molar-refractivity contribution in [3.63, 3.8) is 0 Å². The molecule has 0 aliphatic rings. The molecule has 2 aromatic carbocycles. The second-order valence-electron chi connectivity index (χ2n) is 5.70. The van der Waals surface area contributed by atoms with E-state index in [-0.39, 0.29) is 24.9 Å². The highest BCUT2D eigenvalue weighted by atomic mass is 35.5. The zero-order valence-corrected chi connectivity index (χ0v) is 15.4. The van der Waals surface area contributed by atoms with Crippen LogP contribution >= 0.6 is 12.4 Å². The van der Waals surface area contributed by atoms with Crippen molar-refractivity contribution in [2.45, 2.75) is 32.7 Å². The number of benzene rings is 2. The van der Waals surface area contributed by atoms with Crippen LogP contribution in [0.2, 0.25) is 0 Å². The molecule has 2 N–H and O–H groups in total. The first-order valence-corrected chi connectivity index (χ1v) is 8.32. The minimum Gasteiger partial charge on any atom is -0.480 e. The molecule has 25 heavy (non-hydrogen) atoms. The SMILES string of the molecule is CCCC(NCC(=O)N(CC)c1cccc2ccccc12)C(=O)O.Cl. The van der Waals surface area contributed by atoms with Crippen molar-refractivity contribution >= 4 is 40.7 Å². The van der Waals surface area contributed by atoms with E-state index in [1.807, 2.05) is 56.3 Å². The summed E-state index contributed by atoms with van der Waals surface area (Å²) in [5.74, 6) is -1.05. The maximum atomic E-state index is 12.6. The number of carbonyl (C=O) groups excluding carboxylic acids is 1. The van der Waals surface area contributed by atoms with Crippen LogP contribution in [0, 0.1) is 0 Å². The molecule has 136 valence electrons. The number of carbonyl (C=O) groups is 2. The van der Waals surface area contributed by atoms with Gasteiger partial charge < -0.3 is 10.0 Å². The molecule has 0 fully saturated rings. The zero-order valence-electron chi connectivity index (χ0n) is 14.6. The van der Waals surface area contributed by atoms with Gasteiger partial charge in [-0.3, -0.25) is 14.9 Å². The first kappa shape index (κ1) is 20.9. The van der Waals surface area contributed by atoms with E-state index in [0.717, 1.165) is 22.9 Å². The highest BCUT2D eigenvalue weighted by Gasteiger charge is 2.20. The predicted octanol–water partition coefficient (Wildman–Crippen LogP) is 3.46. The lowest BCUT2D eigenvalue weighted by molar-refractivity contribution is -0.139. The molecule has 2 aromatic rings. The summed E-state index contributed by atoms with van der Waals surface area (Å²) < 4.78 is 0. The summed E-state index contributed by atoms with van der Waals surface area (Å²) in [4.78, 5) is 25.5. The molecule has 1 unspecified atom stereocenters. The molecule has 0 saturated heterocycles. The molecule has 0 radical (unpaired) electrons. The van der Waals surface area contributed by atoms with Gasteiger partial charge in [0.25, 0.3) is 0 Å². The number of nitrogens with zero attached hydrogens (tertiary/aromatic N) is 1. The standard InChI is InChI=1S/C19H24N2O3.ClH/c1-3-8-16(19(23)24)20-13-18(22)21(4-2)17-12-7-10-14-9-5-6-11-15(14)17;/h5-7,9-12,16,20H,3-4,8,13H2,1-2H3,(H,23,24);1H. The molecule has 1 atom stereocenters. The van der Waals surface area contributed by atoms with Crippen LogP contribution in [0.25, 0.3) is 10.8 Å². The van der Waals surface area contributed by atoms with E-state index in [0.29, 0.717) is 13.0 Å². The third-order valence-corrected chi connectivity index (χ3v) is 4.05. The van der Waals surface area contributed by atoms with Gasteiger partial charge in [0, 0.05) is 11.9 Å². The monoisotopic (exact) mass is 364 g/mol. The van der Waals surface area contributed by atoms with Gasteiger partial charge in [-0.2, -0.15) is 0 Å². The predicted molar refractivity (Wildman–Crippen MR) is 104 cm³/mol. The fourth-order valence-corrected chi connectivity index (χ4v) is 2.83. The number of carboxylic acids is 1. The number of carboxylic acid groups (broad SMARTS) is 1. The summed E-state index contributed by atoms with van der Waals surface area (Å²) in [6.07, 6.45) is 1.25. The van der Waals surface area contributed by atoms with Gasteiger partial charge in [-0.1, -0.05) is 49.7 Å². The first-order chi connectivity index (χ1) is 11.6. The minimum atomic E-state index is -0.919.